The summed E-state index contributed by atoms with van der Waals surface area (Å²) < 4.78 is 26.9. The van der Waals surface area contributed by atoms with Crippen molar-refractivity contribution in [3.05, 3.63) is 78.0 Å². The van der Waals surface area contributed by atoms with Crippen LogP contribution in [-0.2, 0) is 11.2 Å². The Morgan fingerprint density at radius 3 is 2.53 bits per heavy atom. The first-order valence-electron chi connectivity index (χ1n) is 10.7. The van der Waals surface area contributed by atoms with Crippen LogP contribution in [0, 0.1) is 17.6 Å². The van der Waals surface area contributed by atoms with E-state index in [9.17, 15) is 13.6 Å². The van der Waals surface area contributed by atoms with Gasteiger partial charge in [0.25, 0.3) is 0 Å². The average Bonchev–Trinajstić information content (AvgIpc) is 2.82. The van der Waals surface area contributed by atoms with E-state index in [0.717, 1.165) is 5.56 Å². The van der Waals surface area contributed by atoms with Gasteiger partial charge in [-0.1, -0.05) is 24.3 Å². The number of anilines is 3. The van der Waals surface area contributed by atoms with Gasteiger partial charge in [-0.2, -0.15) is 4.98 Å². The van der Waals surface area contributed by atoms with Gasteiger partial charge in [-0.05, 0) is 55.2 Å². The molecule has 0 aliphatic carbocycles. The van der Waals surface area contributed by atoms with E-state index in [0.29, 0.717) is 56.4 Å². The molecule has 3 aromatic rings. The first-order valence-corrected chi connectivity index (χ1v) is 10.7. The third-order valence-corrected chi connectivity index (χ3v) is 5.55. The van der Waals surface area contributed by atoms with Gasteiger partial charge in [0.1, 0.15) is 17.5 Å². The van der Waals surface area contributed by atoms with Crippen molar-refractivity contribution < 1.29 is 13.6 Å². The molecule has 0 spiro atoms. The molecule has 0 unspecified atom stereocenters. The molecule has 2 aromatic carbocycles. The van der Waals surface area contributed by atoms with Gasteiger partial charge in [-0.25, -0.2) is 13.8 Å². The minimum Gasteiger partial charge on any atom is -0.356 e. The lowest BCUT2D eigenvalue weighted by Gasteiger charge is -2.31. The molecular weight excluding hydrogens is 412 g/mol. The number of nitrogens with one attached hydrogen (secondary N) is 2. The molecule has 32 heavy (non-hydrogen) atoms. The molecule has 1 aliphatic rings. The molecule has 0 atom stereocenters. The highest BCUT2D eigenvalue weighted by molar-refractivity contribution is 5.79. The summed E-state index contributed by atoms with van der Waals surface area (Å²) in [5, 5.41) is 5.96. The van der Waals surface area contributed by atoms with Gasteiger partial charge < -0.3 is 15.5 Å². The third kappa shape index (κ3) is 5.57. The Hall–Kier alpha value is -3.55. The van der Waals surface area contributed by atoms with Crippen LogP contribution < -0.4 is 15.5 Å². The van der Waals surface area contributed by atoms with Crippen LogP contribution in [0.5, 0.6) is 0 Å². The summed E-state index contributed by atoms with van der Waals surface area (Å²) in [6.07, 6.45) is 3.72. The zero-order valence-electron chi connectivity index (χ0n) is 17.6. The summed E-state index contributed by atoms with van der Waals surface area (Å²) in [5.74, 6) is 0.449. The molecule has 8 heteroatoms. The van der Waals surface area contributed by atoms with Crippen LogP contribution in [0.1, 0.15) is 18.4 Å². The summed E-state index contributed by atoms with van der Waals surface area (Å²) in [6, 6.07) is 14.4. The van der Waals surface area contributed by atoms with Crippen LogP contribution in [0.25, 0.3) is 0 Å². The normalized spacial score (nSPS) is 14.2. The first-order chi connectivity index (χ1) is 15.6. The fourth-order valence-corrected chi connectivity index (χ4v) is 3.74. The van der Waals surface area contributed by atoms with Crippen molar-refractivity contribution in [3.8, 4) is 0 Å². The SMILES string of the molecule is O=C(NCCc1ccc(F)cc1)C1CCN(c2nccc(Nc3ccccc3F)n2)CC1. The summed E-state index contributed by atoms with van der Waals surface area (Å²) in [4.78, 5) is 23.4. The summed E-state index contributed by atoms with van der Waals surface area (Å²) in [5.41, 5.74) is 1.34. The van der Waals surface area contributed by atoms with Gasteiger partial charge in [0, 0.05) is 31.7 Å². The Kier molecular flexibility index (Phi) is 6.89. The van der Waals surface area contributed by atoms with Gasteiger partial charge in [0.2, 0.25) is 11.9 Å². The number of para-hydroxylation sites is 1. The van der Waals surface area contributed by atoms with Gasteiger partial charge in [0.15, 0.2) is 0 Å². The number of hydrogen-bond donors (Lipinski definition) is 2. The monoisotopic (exact) mass is 437 g/mol. The lowest BCUT2D eigenvalue weighted by Crippen LogP contribution is -2.41. The van der Waals surface area contributed by atoms with Crippen molar-refractivity contribution >= 4 is 23.4 Å². The van der Waals surface area contributed by atoms with Crippen molar-refractivity contribution in [1.82, 2.24) is 15.3 Å². The standard InChI is InChI=1S/C24H25F2N5O/c25-19-7-5-17(6-8-19)9-13-27-23(32)18-11-15-31(16-12-18)24-28-14-10-22(30-24)29-21-4-2-1-3-20(21)26/h1-8,10,14,18H,9,11-13,15-16H2,(H,27,32)(H,28,29,30). The maximum atomic E-state index is 13.9. The van der Waals surface area contributed by atoms with Crippen molar-refractivity contribution in [1.29, 1.82) is 0 Å². The highest BCUT2D eigenvalue weighted by Gasteiger charge is 2.26. The second-order valence-corrected chi connectivity index (χ2v) is 7.78. The number of amides is 1. The quantitative estimate of drug-likeness (QED) is 0.583. The Morgan fingerprint density at radius 2 is 1.78 bits per heavy atom. The predicted octanol–water partition coefficient (Wildman–Crippen LogP) is 4.07. The van der Waals surface area contributed by atoms with Gasteiger partial charge in [-0.15, -0.1) is 0 Å². The minimum atomic E-state index is -0.348. The number of carbonyl (C=O) groups is 1. The van der Waals surface area contributed by atoms with Crippen molar-refractivity contribution in [2.75, 3.05) is 29.9 Å². The van der Waals surface area contributed by atoms with Gasteiger partial charge >= 0.3 is 0 Å². The predicted molar refractivity (Wildman–Crippen MR) is 120 cm³/mol. The molecule has 1 aromatic heterocycles. The van der Waals surface area contributed by atoms with Crippen molar-refractivity contribution in [2.45, 2.75) is 19.3 Å². The molecule has 1 saturated heterocycles. The maximum absolute atomic E-state index is 13.9. The van der Waals surface area contributed by atoms with E-state index in [1.807, 2.05) is 4.90 Å². The number of nitrogens with zero attached hydrogens (tertiary/aromatic N) is 3. The summed E-state index contributed by atoms with van der Waals surface area (Å²) in [7, 11) is 0. The largest absolute Gasteiger partial charge is 0.356 e. The number of hydrogen-bond acceptors (Lipinski definition) is 5. The van der Waals surface area contributed by atoms with E-state index in [1.54, 1.807) is 42.6 Å². The summed E-state index contributed by atoms with van der Waals surface area (Å²) in [6.45, 7) is 1.86. The van der Waals surface area contributed by atoms with Crippen LogP contribution in [0.4, 0.5) is 26.2 Å². The molecule has 2 heterocycles. The molecule has 1 fully saturated rings. The maximum Gasteiger partial charge on any atom is 0.227 e. The molecule has 2 N–H and O–H groups in total. The first kappa shape index (κ1) is 21.7. The number of benzene rings is 2. The third-order valence-electron chi connectivity index (χ3n) is 5.55. The van der Waals surface area contributed by atoms with Crippen LogP contribution in [0.2, 0.25) is 0 Å². The van der Waals surface area contributed by atoms with Crippen LogP contribution in [0.15, 0.2) is 60.8 Å². The van der Waals surface area contributed by atoms with Crippen molar-refractivity contribution in [3.63, 3.8) is 0 Å². The Morgan fingerprint density at radius 1 is 1.03 bits per heavy atom. The van der Waals surface area contributed by atoms with E-state index in [4.69, 9.17) is 0 Å². The van der Waals surface area contributed by atoms with E-state index >= 15 is 0 Å². The summed E-state index contributed by atoms with van der Waals surface area (Å²) >= 11 is 0. The van der Waals surface area contributed by atoms with E-state index in [1.165, 1.54) is 18.2 Å². The second kappa shape index (κ2) is 10.2. The fraction of sp³-hybridized carbons (Fsp3) is 0.292. The topological polar surface area (TPSA) is 70.2 Å². The lowest BCUT2D eigenvalue weighted by molar-refractivity contribution is -0.125. The second-order valence-electron chi connectivity index (χ2n) is 7.78. The van der Waals surface area contributed by atoms with Gasteiger partial charge in [-0.3, -0.25) is 4.79 Å². The number of rotatable bonds is 7. The number of piperidine rings is 1. The van der Waals surface area contributed by atoms with Crippen LogP contribution in [0.3, 0.4) is 0 Å². The highest BCUT2D eigenvalue weighted by atomic mass is 19.1. The Balaban J connectivity index is 1.26. The average molecular weight is 437 g/mol. The fourth-order valence-electron chi connectivity index (χ4n) is 3.74. The molecule has 1 aliphatic heterocycles. The lowest BCUT2D eigenvalue weighted by atomic mass is 9.96. The Bertz CT molecular complexity index is 1050. The zero-order chi connectivity index (χ0) is 22.3. The van der Waals surface area contributed by atoms with E-state index in [-0.39, 0.29) is 23.5 Å². The van der Waals surface area contributed by atoms with Crippen LogP contribution in [-0.4, -0.2) is 35.5 Å². The number of halogens is 2. The Labute approximate surface area is 185 Å². The molecular formula is C24H25F2N5O. The molecule has 0 radical (unpaired) electrons. The van der Waals surface area contributed by atoms with E-state index in [2.05, 4.69) is 20.6 Å². The molecule has 0 bridgehead atoms. The van der Waals surface area contributed by atoms with Gasteiger partial charge in [0.05, 0.1) is 5.69 Å². The molecule has 166 valence electrons. The van der Waals surface area contributed by atoms with E-state index < -0.39 is 0 Å². The molecule has 1 amide bonds. The smallest absolute Gasteiger partial charge is 0.227 e. The molecule has 4 rings (SSSR count). The minimum absolute atomic E-state index is 0.0441. The van der Waals surface area contributed by atoms with Crippen molar-refractivity contribution in [2.24, 2.45) is 5.92 Å². The highest BCUT2D eigenvalue weighted by Crippen LogP contribution is 2.23. The number of carbonyl (C=O) groups excluding carboxylic acids is 1. The number of aromatic nitrogens is 2. The zero-order valence-corrected chi connectivity index (χ0v) is 17.6. The van der Waals surface area contributed by atoms with Crippen LogP contribution >= 0.6 is 0 Å². The molecule has 0 saturated carbocycles. The molecule has 6 nitrogen and oxygen atoms in total.